The summed E-state index contributed by atoms with van der Waals surface area (Å²) in [5.41, 5.74) is -9.66. The lowest BCUT2D eigenvalue weighted by atomic mass is 9.45. The molecule has 3 aliphatic carbocycles. The molecule has 22 heteroatoms. The van der Waals surface area contributed by atoms with Crippen LogP contribution in [-0.2, 0) is 57.1 Å². The van der Waals surface area contributed by atoms with E-state index in [1.807, 2.05) is 0 Å². The minimum absolute atomic E-state index is 0.0113. The molecule has 22 nitrogen and oxygen atoms in total. The van der Waals surface area contributed by atoms with E-state index < -0.39 is 174 Å². The Morgan fingerprint density at radius 3 is 2.11 bits per heavy atom. The Balaban J connectivity index is 1.38. The van der Waals surface area contributed by atoms with E-state index in [9.17, 15) is 59.7 Å². The summed E-state index contributed by atoms with van der Waals surface area (Å²) in [4.78, 5) is 85.4. The lowest BCUT2D eigenvalue weighted by molar-refractivity contribution is -0.345. The third-order valence-corrected chi connectivity index (χ3v) is 15.0. The number of aliphatic hydroxyl groups excluding tert-OH is 6. The van der Waals surface area contributed by atoms with E-state index in [0.717, 1.165) is 6.92 Å². The number of alkyl carbamates (subject to hydrolysis) is 1. The zero-order chi connectivity index (χ0) is 53.7. The van der Waals surface area contributed by atoms with Crippen LogP contribution in [0.4, 0.5) is 4.79 Å². The Labute approximate surface area is 420 Å². The number of nitrogens with one attached hydrogen (secondary N) is 1. The van der Waals surface area contributed by atoms with Crippen LogP contribution in [0.15, 0.2) is 72.0 Å². The smallest absolute Gasteiger partial charge is 0.408 e. The van der Waals surface area contributed by atoms with Gasteiger partial charge in [0, 0.05) is 31.1 Å². The van der Waals surface area contributed by atoms with Crippen LogP contribution in [0.1, 0.15) is 90.2 Å². The SMILES string of the molecule is CC(=O)O[C@@]12CO[C@@H]1C[C@H](O)[C@@]1(C)C(=O)/C(OC(=O)COC3O[C@H](CO)C(O)[C@@H](O)C3O)=C3/C(C)[C@@H](OC(=O)[C@H](O)[C@@H](NC(=O)OC(C)(C)C)c4ccccc4)C[C@@](O)([C@@H](OC(=O)c4ccccc4)C12)C3(C)C. The molecule has 2 aromatic carbocycles. The standard InChI is InChI=1S/C51H65NO21/c1-24-28(68-44(63)36(58)34(26-15-11-9-12-16-26)52-46(64)73-47(3,4)5)20-51(65)42(71-43(62)27-17-13-10-14-18-27)40-49(8,30(55)19-31-50(40,23-67-31)72-25(2)54)41(61)39(33(24)48(51,6)7)70-32(56)22-66-45-38(60)37(59)35(57)29(21-53)69-45/h9-18,24,28-31,34-38,40,42,45,53,55,57-60,65H,19-23H2,1-8H3,(H,52,64)/b39-33+/t24?,28-,29+,30-,31+,34-,35?,36+,37+,38?,40?,42-,45?,49+,50-,51+/m0/s1. The third-order valence-electron chi connectivity index (χ3n) is 15.0. The van der Waals surface area contributed by atoms with Crippen LogP contribution in [0.2, 0.25) is 0 Å². The number of rotatable bonds is 13. The monoisotopic (exact) mass is 1030 g/mol. The summed E-state index contributed by atoms with van der Waals surface area (Å²) in [6.07, 6.45) is -19.5. The number of fused-ring (bicyclic) bond motifs is 5. The predicted molar refractivity (Wildman–Crippen MR) is 247 cm³/mol. The number of hydrogen-bond donors (Lipinski definition) is 8. The van der Waals surface area contributed by atoms with Crippen molar-refractivity contribution in [2.75, 3.05) is 19.8 Å². The number of hydrogen-bond acceptors (Lipinski definition) is 21. The van der Waals surface area contributed by atoms with Gasteiger partial charge in [-0.25, -0.2) is 19.2 Å². The number of ketones is 1. The summed E-state index contributed by atoms with van der Waals surface area (Å²) < 4.78 is 46.8. The van der Waals surface area contributed by atoms with Crippen molar-refractivity contribution in [1.29, 1.82) is 0 Å². The fourth-order valence-corrected chi connectivity index (χ4v) is 11.2. The van der Waals surface area contributed by atoms with Crippen molar-refractivity contribution in [3.05, 3.63) is 83.1 Å². The fraction of sp³-hybridized carbons (Fsp3) is 0.608. The molecule has 2 bridgehead atoms. The summed E-state index contributed by atoms with van der Waals surface area (Å²) in [6.45, 7) is 9.19. The van der Waals surface area contributed by atoms with Crippen LogP contribution in [0.3, 0.4) is 0 Å². The van der Waals surface area contributed by atoms with E-state index in [-0.39, 0.29) is 23.1 Å². The molecule has 16 atom stereocenters. The highest BCUT2D eigenvalue weighted by molar-refractivity contribution is 6.02. The lowest BCUT2D eigenvalue weighted by Crippen LogP contribution is -2.81. The highest BCUT2D eigenvalue weighted by Crippen LogP contribution is 2.65. The van der Waals surface area contributed by atoms with E-state index in [1.165, 1.54) is 52.0 Å². The van der Waals surface area contributed by atoms with Crippen LogP contribution in [-0.4, -0.2) is 169 Å². The molecule has 73 heavy (non-hydrogen) atoms. The molecule has 0 spiro atoms. The molecule has 2 saturated heterocycles. The molecule has 0 radical (unpaired) electrons. The second-order valence-electron chi connectivity index (χ2n) is 21.1. The second kappa shape index (κ2) is 20.7. The van der Waals surface area contributed by atoms with Gasteiger partial charge >= 0.3 is 30.0 Å². The van der Waals surface area contributed by atoms with Crippen molar-refractivity contribution in [1.82, 2.24) is 5.32 Å². The Hall–Kier alpha value is -5.40. The normalized spacial score (nSPS) is 36.5. The molecule has 4 fully saturated rings. The van der Waals surface area contributed by atoms with Crippen LogP contribution >= 0.6 is 0 Å². The maximum atomic E-state index is 16.0. The van der Waals surface area contributed by atoms with Crippen molar-refractivity contribution in [2.45, 2.75) is 152 Å². The van der Waals surface area contributed by atoms with Gasteiger partial charge in [0.05, 0.1) is 42.3 Å². The first-order valence-corrected chi connectivity index (χ1v) is 24.0. The summed E-state index contributed by atoms with van der Waals surface area (Å²) in [6, 6.07) is 14.0. The number of carbonyl (C=O) groups is 6. The van der Waals surface area contributed by atoms with E-state index in [1.54, 1.807) is 57.2 Å². The van der Waals surface area contributed by atoms with Crippen LogP contribution < -0.4 is 5.32 Å². The van der Waals surface area contributed by atoms with Gasteiger partial charge in [-0.05, 0) is 51.0 Å². The van der Waals surface area contributed by atoms with Crippen molar-refractivity contribution >= 4 is 35.8 Å². The predicted octanol–water partition coefficient (Wildman–Crippen LogP) is 0.832. The number of allylic oxidation sites excluding steroid dienone is 1. The first-order chi connectivity index (χ1) is 34.1. The van der Waals surface area contributed by atoms with Gasteiger partial charge in [0.25, 0.3) is 0 Å². The fourth-order valence-electron chi connectivity index (χ4n) is 11.2. The zero-order valence-electron chi connectivity index (χ0n) is 41.7. The summed E-state index contributed by atoms with van der Waals surface area (Å²) in [5.74, 6) is -9.53. The molecule has 2 aromatic rings. The molecule has 2 saturated carbocycles. The number of aliphatic hydroxyl groups is 7. The Kier molecular flexibility index (Phi) is 15.7. The van der Waals surface area contributed by atoms with E-state index in [2.05, 4.69) is 5.32 Å². The van der Waals surface area contributed by atoms with Gasteiger partial charge in [0.1, 0.15) is 60.5 Å². The van der Waals surface area contributed by atoms with Gasteiger partial charge in [-0.3, -0.25) is 9.59 Å². The number of amides is 1. The highest BCUT2D eigenvalue weighted by atomic mass is 16.7. The van der Waals surface area contributed by atoms with Crippen molar-refractivity contribution in [3.8, 4) is 0 Å². The molecule has 7 rings (SSSR count). The van der Waals surface area contributed by atoms with Crippen LogP contribution in [0, 0.1) is 22.7 Å². The average molecular weight is 1030 g/mol. The van der Waals surface area contributed by atoms with E-state index in [4.69, 9.17) is 37.9 Å². The number of ether oxygens (including phenoxy) is 8. The second-order valence-corrected chi connectivity index (χ2v) is 21.1. The van der Waals surface area contributed by atoms with Crippen LogP contribution in [0.25, 0.3) is 0 Å². The first-order valence-electron chi connectivity index (χ1n) is 24.0. The summed E-state index contributed by atoms with van der Waals surface area (Å²) in [5, 5.41) is 81.6. The van der Waals surface area contributed by atoms with E-state index >= 15 is 4.79 Å². The van der Waals surface area contributed by atoms with Crippen molar-refractivity contribution in [2.24, 2.45) is 22.7 Å². The molecule has 5 unspecified atom stereocenters. The molecular weight excluding hydrogens is 963 g/mol. The molecule has 2 heterocycles. The topological polar surface area (TPSA) is 330 Å². The Bertz CT molecular complexity index is 2440. The van der Waals surface area contributed by atoms with Gasteiger partial charge in [0.15, 0.2) is 23.8 Å². The molecule has 5 aliphatic rings. The van der Waals surface area contributed by atoms with Gasteiger partial charge in [-0.15, -0.1) is 0 Å². The Morgan fingerprint density at radius 1 is 0.904 bits per heavy atom. The van der Waals surface area contributed by atoms with E-state index in [0.29, 0.717) is 0 Å². The van der Waals surface area contributed by atoms with Crippen molar-refractivity contribution < 1.29 is 102 Å². The lowest BCUT2D eigenvalue weighted by Gasteiger charge is -2.67. The van der Waals surface area contributed by atoms with Gasteiger partial charge < -0.3 is 79.0 Å². The molecule has 8 N–H and O–H groups in total. The van der Waals surface area contributed by atoms with Gasteiger partial charge in [0.2, 0.25) is 5.78 Å². The number of benzene rings is 2. The molecule has 1 amide bonds. The number of Topliss-reactive ketones (excluding diaryl/α,β-unsaturated/α-hetero) is 1. The largest absolute Gasteiger partial charge is 0.460 e. The molecule has 0 aromatic heterocycles. The third kappa shape index (κ3) is 10.1. The number of esters is 4. The minimum atomic E-state index is -2.58. The molecule has 400 valence electrons. The zero-order valence-corrected chi connectivity index (χ0v) is 41.7. The maximum absolute atomic E-state index is 16.0. The molecular formula is C51H65NO21. The van der Waals surface area contributed by atoms with Crippen molar-refractivity contribution in [3.63, 3.8) is 0 Å². The molecule has 2 aliphatic heterocycles. The van der Waals surface area contributed by atoms with Crippen LogP contribution in [0.5, 0.6) is 0 Å². The number of carbonyl (C=O) groups excluding carboxylic acids is 6. The maximum Gasteiger partial charge on any atom is 0.408 e. The Morgan fingerprint density at radius 2 is 1.53 bits per heavy atom. The quantitative estimate of drug-likeness (QED) is 0.102. The first kappa shape index (κ1) is 55.4. The summed E-state index contributed by atoms with van der Waals surface area (Å²) >= 11 is 0. The average Bonchev–Trinajstić information content (AvgIpc) is 3.32. The highest BCUT2D eigenvalue weighted by Gasteiger charge is 2.78. The minimum Gasteiger partial charge on any atom is -0.460 e. The van der Waals surface area contributed by atoms with Gasteiger partial charge in [-0.1, -0.05) is 69.3 Å². The van der Waals surface area contributed by atoms with Gasteiger partial charge in [-0.2, -0.15) is 0 Å². The summed E-state index contributed by atoms with van der Waals surface area (Å²) in [7, 11) is 0.